The van der Waals surface area contributed by atoms with Crippen molar-refractivity contribution in [2.75, 3.05) is 7.11 Å². The number of hydrogen-bond acceptors (Lipinski definition) is 3. The Bertz CT molecular complexity index is 772. The van der Waals surface area contributed by atoms with Gasteiger partial charge in [-0.3, -0.25) is 0 Å². The number of nitrogens with zero attached hydrogens (tertiary/aromatic N) is 1. The van der Waals surface area contributed by atoms with Gasteiger partial charge in [-0.15, -0.1) is 0 Å². The average molecular weight is 368 g/mol. The zero-order valence-electron chi connectivity index (χ0n) is 17.4. The Kier molecular flexibility index (Phi) is 7.46. The molecule has 3 nitrogen and oxygen atoms in total. The van der Waals surface area contributed by atoms with Crippen LogP contribution in [0, 0.1) is 0 Å². The summed E-state index contributed by atoms with van der Waals surface area (Å²) < 4.78 is 5.55. The number of unbranched alkanes of at least 4 members (excludes halogenated alkanes) is 3. The molecule has 2 aromatic rings. The van der Waals surface area contributed by atoms with Crippen LogP contribution in [0.5, 0.6) is 5.75 Å². The fraction of sp³-hybridized carbons (Fsp3) is 0.458. The second-order valence-corrected chi connectivity index (χ2v) is 8.12. The van der Waals surface area contributed by atoms with E-state index in [0.717, 1.165) is 17.5 Å². The number of hydrogen-bond donors (Lipinski definition) is 1. The second kappa shape index (κ2) is 9.59. The van der Waals surface area contributed by atoms with Gasteiger partial charge in [-0.25, -0.2) is 0 Å². The Morgan fingerprint density at radius 1 is 1.04 bits per heavy atom. The number of rotatable bonds is 8. The third kappa shape index (κ3) is 5.59. The normalized spacial score (nSPS) is 12.3. The largest absolute Gasteiger partial charge is 0.496 e. The highest BCUT2D eigenvalue weighted by molar-refractivity contribution is 6.14. The molecule has 0 atom stereocenters. The fourth-order valence-electron chi connectivity index (χ4n) is 3.26. The molecular weight excluding hydrogens is 334 g/mol. The van der Waals surface area contributed by atoms with Crippen LogP contribution < -0.4 is 4.74 Å². The molecular formula is C24H33NO2. The first kappa shape index (κ1) is 21.0. The van der Waals surface area contributed by atoms with Gasteiger partial charge < -0.3 is 9.94 Å². The van der Waals surface area contributed by atoms with Crippen LogP contribution in [0.3, 0.4) is 0 Å². The third-order valence-electron chi connectivity index (χ3n) is 4.94. The predicted molar refractivity (Wildman–Crippen MR) is 113 cm³/mol. The molecule has 1 N–H and O–H groups in total. The van der Waals surface area contributed by atoms with E-state index in [4.69, 9.17) is 4.74 Å². The lowest BCUT2D eigenvalue weighted by Crippen LogP contribution is -2.14. The van der Waals surface area contributed by atoms with Crippen LogP contribution in [0.15, 0.2) is 47.6 Å². The van der Waals surface area contributed by atoms with Gasteiger partial charge >= 0.3 is 0 Å². The second-order valence-electron chi connectivity index (χ2n) is 8.12. The summed E-state index contributed by atoms with van der Waals surface area (Å²) in [4.78, 5) is 0. The van der Waals surface area contributed by atoms with Gasteiger partial charge in [0, 0.05) is 11.1 Å². The monoisotopic (exact) mass is 367 g/mol. The highest BCUT2D eigenvalue weighted by Gasteiger charge is 2.19. The minimum absolute atomic E-state index is 0.00269. The van der Waals surface area contributed by atoms with Gasteiger partial charge in [0.25, 0.3) is 0 Å². The molecule has 0 unspecified atom stereocenters. The first-order valence-corrected chi connectivity index (χ1v) is 9.91. The van der Waals surface area contributed by atoms with Gasteiger partial charge in [0.15, 0.2) is 0 Å². The van der Waals surface area contributed by atoms with E-state index in [9.17, 15) is 5.21 Å². The SMILES string of the molecule is CCCCCCc1cccc(C(=NO)c2cc(C(C)(C)C)ccc2OC)c1. The van der Waals surface area contributed by atoms with E-state index in [0.29, 0.717) is 11.5 Å². The van der Waals surface area contributed by atoms with Crippen LogP contribution in [0.25, 0.3) is 0 Å². The fourth-order valence-corrected chi connectivity index (χ4v) is 3.26. The summed E-state index contributed by atoms with van der Waals surface area (Å²) in [7, 11) is 1.65. The predicted octanol–water partition coefficient (Wildman–Crippen LogP) is 6.34. The summed E-state index contributed by atoms with van der Waals surface area (Å²) in [5.74, 6) is 0.712. The van der Waals surface area contributed by atoms with Crippen molar-refractivity contribution in [3.05, 3.63) is 64.7 Å². The Labute approximate surface area is 164 Å². The smallest absolute Gasteiger partial charge is 0.128 e. The van der Waals surface area contributed by atoms with Crippen molar-refractivity contribution < 1.29 is 9.94 Å². The van der Waals surface area contributed by atoms with Gasteiger partial charge in [-0.1, -0.05) is 76.4 Å². The Balaban J connectivity index is 2.37. The molecule has 0 aliphatic carbocycles. The molecule has 2 rings (SSSR count). The number of methoxy groups -OCH3 is 1. The maximum atomic E-state index is 9.82. The van der Waals surface area contributed by atoms with Crippen LogP contribution in [0.1, 0.15) is 75.6 Å². The van der Waals surface area contributed by atoms with E-state index in [1.54, 1.807) is 7.11 Å². The van der Waals surface area contributed by atoms with E-state index in [1.165, 1.54) is 36.8 Å². The summed E-state index contributed by atoms with van der Waals surface area (Å²) in [6.45, 7) is 8.74. The summed E-state index contributed by atoms with van der Waals surface area (Å²) >= 11 is 0. The van der Waals surface area contributed by atoms with E-state index < -0.39 is 0 Å². The third-order valence-corrected chi connectivity index (χ3v) is 4.94. The molecule has 0 bridgehead atoms. The van der Waals surface area contributed by atoms with Gasteiger partial charge in [-0.2, -0.15) is 0 Å². The molecule has 0 radical (unpaired) electrons. The number of benzene rings is 2. The maximum absolute atomic E-state index is 9.82. The van der Waals surface area contributed by atoms with Crippen molar-refractivity contribution in [1.29, 1.82) is 0 Å². The van der Waals surface area contributed by atoms with Crippen LogP contribution in [0.4, 0.5) is 0 Å². The average Bonchev–Trinajstić information content (AvgIpc) is 2.65. The van der Waals surface area contributed by atoms with Crippen molar-refractivity contribution in [3.8, 4) is 5.75 Å². The summed E-state index contributed by atoms with van der Waals surface area (Å²) in [5, 5.41) is 13.5. The highest BCUT2D eigenvalue weighted by Crippen LogP contribution is 2.30. The molecule has 27 heavy (non-hydrogen) atoms. The van der Waals surface area contributed by atoms with Crippen molar-refractivity contribution in [1.82, 2.24) is 0 Å². The van der Waals surface area contributed by atoms with Crippen LogP contribution in [0.2, 0.25) is 0 Å². The standard InChI is InChI=1S/C24H33NO2/c1-6-7-8-9-11-18-12-10-13-19(16-18)23(25-26)21-17-20(24(2,3)4)14-15-22(21)27-5/h10,12-17,26H,6-9,11H2,1-5H3. The summed E-state index contributed by atoms with van der Waals surface area (Å²) in [5.41, 5.74) is 4.73. The van der Waals surface area contributed by atoms with Crippen LogP contribution in [-0.2, 0) is 11.8 Å². The Morgan fingerprint density at radius 2 is 1.81 bits per heavy atom. The molecule has 2 aromatic carbocycles. The van der Waals surface area contributed by atoms with Gasteiger partial charge in [0.1, 0.15) is 11.5 Å². The first-order chi connectivity index (χ1) is 12.9. The van der Waals surface area contributed by atoms with E-state index in [2.05, 4.69) is 57.1 Å². The van der Waals surface area contributed by atoms with Crippen LogP contribution >= 0.6 is 0 Å². The number of ether oxygens (including phenoxy) is 1. The molecule has 0 aliphatic heterocycles. The minimum Gasteiger partial charge on any atom is -0.496 e. The zero-order chi connectivity index (χ0) is 19.9. The molecule has 0 aromatic heterocycles. The van der Waals surface area contributed by atoms with Gasteiger partial charge in [0.05, 0.1) is 7.11 Å². The number of aryl methyl sites for hydroxylation is 1. The highest BCUT2D eigenvalue weighted by atomic mass is 16.5. The van der Waals surface area contributed by atoms with Crippen molar-refractivity contribution in [2.24, 2.45) is 5.16 Å². The quantitative estimate of drug-likeness (QED) is 0.256. The van der Waals surface area contributed by atoms with Gasteiger partial charge in [0.2, 0.25) is 0 Å². The lowest BCUT2D eigenvalue weighted by molar-refractivity contribution is 0.319. The molecule has 0 aliphatic rings. The molecule has 0 amide bonds. The minimum atomic E-state index is 0.00269. The number of oxime groups is 1. The molecule has 146 valence electrons. The lowest BCUT2D eigenvalue weighted by Gasteiger charge is -2.21. The zero-order valence-corrected chi connectivity index (χ0v) is 17.4. The molecule has 0 fully saturated rings. The molecule has 0 spiro atoms. The van der Waals surface area contributed by atoms with Crippen molar-refractivity contribution >= 4 is 5.71 Å². The van der Waals surface area contributed by atoms with Gasteiger partial charge in [-0.05, 0) is 47.6 Å². The van der Waals surface area contributed by atoms with E-state index >= 15 is 0 Å². The Morgan fingerprint density at radius 3 is 2.44 bits per heavy atom. The lowest BCUT2D eigenvalue weighted by atomic mass is 9.85. The van der Waals surface area contributed by atoms with E-state index in [1.807, 2.05) is 18.2 Å². The van der Waals surface area contributed by atoms with Crippen LogP contribution in [-0.4, -0.2) is 18.0 Å². The molecule has 0 heterocycles. The summed E-state index contributed by atoms with van der Waals surface area (Å²) in [6, 6.07) is 14.4. The topological polar surface area (TPSA) is 41.8 Å². The molecule has 0 saturated heterocycles. The maximum Gasteiger partial charge on any atom is 0.128 e. The van der Waals surface area contributed by atoms with E-state index in [-0.39, 0.29) is 5.41 Å². The summed E-state index contributed by atoms with van der Waals surface area (Å²) in [6.07, 6.45) is 6.01. The Hall–Kier alpha value is -2.29. The first-order valence-electron chi connectivity index (χ1n) is 9.91. The van der Waals surface area contributed by atoms with Crippen molar-refractivity contribution in [2.45, 2.75) is 65.2 Å². The molecule has 0 saturated carbocycles. The molecule has 3 heteroatoms. The van der Waals surface area contributed by atoms with Crippen molar-refractivity contribution in [3.63, 3.8) is 0 Å².